The van der Waals surface area contributed by atoms with Crippen molar-refractivity contribution in [2.75, 3.05) is 6.61 Å². The average molecular weight is 196 g/mol. The van der Waals surface area contributed by atoms with Gasteiger partial charge in [0, 0.05) is 17.8 Å². The van der Waals surface area contributed by atoms with Crippen molar-refractivity contribution >= 4 is 5.97 Å². The molecule has 1 aromatic rings. The minimum absolute atomic E-state index is 0.333. The summed E-state index contributed by atoms with van der Waals surface area (Å²) in [6.45, 7) is 8.78. The molecule has 0 bridgehead atoms. The molecule has 4 nitrogen and oxygen atoms in total. The van der Waals surface area contributed by atoms with Crippen molar-refractivity contribution in [3.05, 3.63) is 17.0 Å². The molecule has 1 rings (SSSR count). The molecule has 14 heavy (non-hydrogen) atoms. The molecule has 0 N–H and O–H groups in total. The maximum atomic E-state index is 11.4. The average Bonchev–Trinajstić information content (AvgIpc) is 2.44. The van der Waals surface area contributed by atoms with E-state index in [1.54, 1.807) is 6.92 Å². The zero-order chi connectivity index (χ0) is 10.7. The fourth-order valence-electron chi connectivity index (χ4n) is 1.34. The number of ether oxygens (including phenoxy) is 1. The van der Waals surface area contributed by atoms with Gasteiger partial charge in [-0.1, -0.05) is 0 Å². The molecule has 0 unspecified atom stereocenters. The molecule has 0 aliphatic heterocycles. The molecule has 0 spiro atoms. The Balaban J connectivity index is 3.04. The van der Waals surface area contributed by atoms with Crippen molar-refractivity contribution < 1.29 is 9.53 Å². The third-order valence-electron chi connectivity index (χ3n) is 2.27. The summed E-state index contributed by atoms with van der Waals surface area (Å²) in [5, 5.41) is 4.19. The van der Waals surface area contributed by atoms with Crippen LogP contribution in [-0.4, -0.2) is 22.4 Å². The molecule has 0 atom stereocenters. The molecule has 1 heterocycles. The molecule has 0 aromatic carbocycles. The van der Waals surface area contributed by atoms with Gasteiger partial charge in [0.05, 0.1) is 6.61 Å². The third-order valence-corrected chi connectivity index (χ3v) is 2.27. The zero-order valence-electron chi connectivity index (χ0n) is 9.13. The Morgan fingerprint density at radius 3 is 2.50 bits per heavy atom. The van der Waals surface area contributed by atoms with Gasteiger partial charge in [-0.3, -0.25) is 4.68 Å². The van der Waals surface area contributed by atoms with E-state index in [9.17, 15) is 4.79 Å². The second kappa shape index (κ2) is 4.26. The van der Waals surface area contributed by atoms with Crippen molar-refractivity contribution in [3.63, 3.8) is 0 Å². The number of rotatable bonds is 3. The van der Waals surface area contributed by atoms with Gasteiger partial charge in [0.2, 0.25) is 0 Å². The van der Waals surface area contributed by atoms with E-state index < -0.39 is 0 Å². The van der Waals surface area contributed by atoms with Crippen molar-refractivity contribution in [2.45, 2.75) is 34.2 Å². The Morgan fingerprint density at radius 2 is 2.07 bits per heavy atom. The first-order valence-electron chi connectivity index (χ1n) is 4.82. The lowest BCUT2D eigenvalue weighted by molar-refractivity contribution is 0.0517. The Labute approximate surface area is 83.9 Å². The smallest absolute Gasteiger partial charge is 0.359 e. The lowest BCUT2D eigenvalue weighted by Gasteiger charge is -1.97. The van der Waals surface area contributed by atoms with Crippen LogP contribution in [0.15, 0.2) is 0 Å². The van der Waals surface area contributed by atoms with Crippen LogP contribution in [0.3, 0.4) is 0 Å². The Bertz CT molecular complexity index is 342. The summed E-state index contributed by atoms with van der Waals surface area (Å²) in [6, 6.07) is 0. The summed E-state index contributed by atoms with van der Waals surface area (Å²) >= 11 is 0. The first-order chi connectivity index (χ1) is 6.61. The fraction of sp³-hybridized carbons (Fsp3) is 0.600. The normalized spacial score (nSPS) is 10.3. The predicted octanol–water partition coefficient (Wildman–Crippen LogP) is 1.70. The van der Waals surface area contributed by atoms with E-state index in [2.05, 4.69) is 5.10 Å². The van der Waals surface area contributed by atoms with E-state index in [0.29, 0.717) is 12.3 Å². The highest BCUT2D eigenvalue weighted by atomic mass is 16.5. The van der Waals surface area contributed by atoms with Crippen molar-refractivity contribution in [1.29, 1.82) is 0 Å². The van der Waals surface area contributed by atoms with Gasteiger partial charge in [-0.15, -0.1) is 0 Å². The predicted molar refractivity (Wildman–Crippen MR) is 53.3 cm³/mol. The van der Waals surface area contributed by atoms with Crippen LogP contribution < -0.4 is 0 Å². The van der Waals surface area contributed by atoms with E-state index in [1.807, 2.05) is 25.5 Å². The second-order valence-electron chi connectivity index (χ2n) is 3.10. The number of aryl methyl sites for hydroxylation is 1. The van der Waals surface area contributed by atoms with Gasteiger partial charge in [0.1, 0.15) is 0 Å². The Kier molecular flexibility index (Phi) is 3.28. The minimum Gasteiger partial charge on any atom is -0.461 e. The zero-order valence-corrected chi connectivity index (χ0v) is 9.13. The van der Waals surface area contributed by atoms with Crippen LogP contribution >= 0.6 is 0 Å². The largest absolute Gasteiger partial charge is 0.461 e. The number of aromatic nitrogens is 2. The summed E-state index contributed by atoms with van der Waals surface area (Å²) in [6.07, 6.45) is 0. The lowest BCUT2D eigenvalue weighted by Crippen LogP contribution is -2.07. The third kappa shape index (κ3) is 1.78. The van der Waals surface area contributed by atoms with Gasteiger partial charge in [-0.05, 0) is 27.7 Å². The Morgan fingerprint density at radius 1 is 1.43 bits per heavy atom. The van der Waals surface area contributed by atoms with Crippen molar-refractivity contribution in [2.24, 2.45) is 0 Å². The molecule has 0 aliphatic carbocycles. The molecule has 0 fully saturated rings. The van der Waals surface area contributed by atoms with Gasteiger partial charge >= 0.3 is 5.97 Å². The lowest BCUT2D eigenvalue weighted by atomic mass is 10.2. The fourth-order valence-corrected chi connectivity index (χ4v) is 1.34. The highest BCUT2D eigenvalue weighted by Gasteiger charge is 2.17. The molecule has 0 saturated heterocycles. The highest BCUT2D eigenvalue weighted by Crippen LogP contribution is 2.13. The molecule has 78 valence electrons. The number of hydrogen-bond acceptors (Lipinski definition) is 3. The molecule has 0 amide bonds. The van der Waals surface area contributed by atoms with E-state index in [0.717, 1.165) is 17.8 Å². The second-order valence-corrected chi connectivity index (χ2v) is 3.10. The first kappa shape index (κ1) is 10.8. The van der Waals surface area contributed by atoms with Gasteiger partial charge < -0.3 is 4.74 Å². The van der Waals surface area contributed by atoms with Crippen LogP contribution in [0.2, 0.25) is 0 Å². The summed E-state index contributed by atoms with van der Waals surface area (Å²) in [7, 11) is 0. The van der Waals surface area contributed by atoms with Gasteiger partial charge in [-0.2, -0.15) is 5.10 Å². The van der Waals surface area contributed by atoms with Crippen molar-refractivity contribution in [3.8, 4) is 0 Å². The maximum absolute atomic E-state index is 11.4. The molecule has 0 radical (unpaired) electrons. The molecule has 0 saturated carbocycles. The van der Waals surface area contributed by atoms with Gasteiger partial charge in [0.25, 0.3) is 0 Å². The van der Waals surface area contributed by atoms with Gasteiger partial charge in [-0.25, -0.2) is 4.79 Å². The quantitative estimate of drug-likeness (QED) is 0.691. The van der Waals surface area contributed by atoms with Crippen LogP contribution in [0.5, 0.6) is 0 Å². The molecule has 4 heteroatoms. The number of nitrogens with zero attached hydrogens (tertiary/aromatic N) is 2. The summed E-state index contributed by atoms with van der Waals surface area (Å²) in [5.41, 5.74) is 2.37. The number of esters is 1. The van der Waals surface area contributed by atoms with Crippen LogP contribution in [0, 0.1) is 13.8 Å². The van der Waals surface area contributed by atoms with Crippen LogP contribution in [0.4, 0.5) is 0 Å². The number of hydrogen-bond donors (Lipinski definition) is 0. The molecule has 0 aliphatic rings. The monoisotopic (exact) mass is 196 g/mol. The molecular weight excluding hydrogens is 180 g/mol. The van der Waals surface area contributed by atoms with Crippen LogP contribution in [0.1, 0.15) is 35.6 Å². The summed E-state index contributed by atoms with van der Waals surface area (Å²) in [5.74, 6) is -0.333. The maximum Gasteiger partial charge on any atom is 0.359 e. The molecular formula is C10H16N2O2. The van der Waals surface area contributed by atoms with Crippen LogP contribution in [-0.2, 0) is 11.3 Å². The van der Waals surface area contributed by atoms with Gasteiger partial charge in [0.15, 0.2) is 5.69 Å². The highest BCUT2D eigenvalue weighted by molar-refractivity contribution is 5.89. The van der Waals surface area contributed by atoms with Crippen LogP contribution in [0.25, 0.3) is 0 Å². The van der Waals surface area contributed by atoms with Crippen molar-refractivity contribution in [1.82, 2.24) is 9.78 Å². The van der Waals surface area contributed by atoms with E-state index >= 15 is 0 Å². The SMILES string of the molecule is CCOC(=O)c1nn(CC)c(C)c1C. The van der Waals surface area contributed by atoms with E-state index in [-0.39, 0.29) is 5.97 Å². The minimum atomic E-state index is -0.333. The Hall–Kier alpha value is -1.32. The van der Waals surface area contributed by atoms with E-state index in [4.69, 9.17) is 4.74 Å². The number of carbonyl (C=O) groups excluding carboxylic acids is 1. The summed E-state index contributed by atoms with van der Waals surface area (Å²) in [4.78, 5) is 11.4. The number of carbonyl (C=O) groups is 1. The summed E-state index contributed by atoms with van der Waals surface area (Å²) < 4.78 is 6.71. The molecule has 1 aromatic heterocycles. The topological polar surface area (TPSA) is 44.1 Å². The van der Waals surface area contributed by atoms with E-state index in [1.165, 1.54) is 0 Å². The standard InChI is InChI=1S/C10H16N2O2/c1-5-12-8(4)7(3)9(11-12)10(13)14-6-2/h5-6H2,1-4H3. The first-order valence-corrected chi connectivity index (χ1v) is 4.82.